The Labute approximate surface area is 189 Å². The average Bonchev–Trinajstić information content (AvgIpc) is 3.34. The second-order valence-electron chi connectivity index (χ2n) is 7.42. The third kappa shape index (κ3) is 4.38. The van der Waals surface area contributed by atoms with Crippen LogP contribution >= 0.6 is 0 Å². The van der Waals surface area contributed by atoms with E-state index in [2.05, 4.69) is 16.0 Å². The summed E-state index contributed by atoms with van der Waals surface area (Å²) in [5.74, 6) is 0.566. The van der Waals surface area contributed by atoms with Gasteiger partial charge < -0.3 is 18.4 Å². The van der Waals surface area contributed by atoms with Crippen molar-refractivity contribution in [2.75, 3.05) is 7.11 Å². The van der Waals surface area contributed by atoms with Crippen LogP contribution in [-0.2, 0) is 6.61 Å². The molecule has 0 saturated heterocycles. The van der Waals surface area contributed by atoms with Crippen molar-refractivity contribution in [1.29, 1.82) is 0 Å². The number of fused-ring (bicyclic) bond motifs is 1. The van der Waals surface area contributed by atoms with Crippen LogP contribution in [0.2, 0.25) is 0 Å². The average molecular weight is 449 g/mol. The number of hydrazine groups is 1. The van der Waals surface area contributed by atoms with E-state index in [4.69, 9.17) is 18.4 Å². The Morgan fingerprint density at radius 3 is 2.45 bits per heavy atom. The summed E-state index contributed by atoms with van der Waals surface area (Å²) >= 11 is 0. The number of aryl methyl sites for hydroxylation is 3. The first-order valence-corrected chi connectivity index (χ1v) is 10.2. The first-order chi connectivity index (χ1) is 15.9. The zero-order chi connectivity index (χ0) is 23.5. The summed E-state index contributed by atoms with van der Waals surface area (Å²) in [7, 11) is 1.48. The van der Waals surface area contributed by atoms with E-state index in [-0.39, 0.29) is 17.9 Å². The summed E-state index contributed by atoms with van der Waals surface area (Å²) in [5.41, 5.74) is 7.95. The van der Waals surface area contributed by atoms with Crippen molar-refractivity contribution >= 4 is 22.8 Å². The normalized spacial score (nSPS) is 10.8. The highest BCUT2D eigenvalue weighted by Crippen LogP contribution is 2.29. The molecule has 9 heteroatoms. The van der Waals surface area contributed by atoms with Gasteiger partial charge in [0, 0.05) is 16.5 Å². The van der Waals surface area contributed by atoms with Gasteiger partial charge in [-0.1, -0.05) is 23.4 Å². The first-order valence-electron chi connectivity index (χ1n) is 10.2. The van der Waals surface area contributed by atoms with E-state index < -0.39 is 11.8 Å². The molecule has 0 spiro atoms. The fourth-order valence-electron chi connectivity index (χ4n) is 3.42. The summed E-state index contributed by atoms with van der Waals surface area (Å²) in [5, 5.41) is 4.74. The zero-order valence-electron chi connectivity index (χ0n) is 18.6. The van der Waals surface area contributed by atoms with E-state index in [9.17, 15) is 9.59 Å². The molecule has 2 heterocycles. The topological polar surface area (TPSA) is 116 Å². The van der Waals surface area contributed by atoms with Crippen molar-refractivity contribution in [3.05, 3.63) is 76.4 Å². The number of ether oxygens (including phenoxy) is 2. The van der Waals surface area contributed by atoms with Crippen LogP contribution in [0.1, 0.15) is 43.5 Å². The lowest BCUT2D eigenvalue weighted by molar-refractivity contribution is 0.0831. The van der Waals surface area contributed by atoms with Crippen LogP contribution < -0.4 is 20.3 Å². The molecule has 0 aliphatic carbocycles. The van der Waals surface area contributed by atoms with E-state index >= 15 is 0 Å². The van der Waals surface area contributed by atoms with Gasteiger partial charge in [-0.3, -0.25) is 20.4 Å². The molecule has 0 atom stereocenters. The number of nitrogens with zero attached hydrogens (tertiary/aromatic N) is 1. The Hall–Kier alpha value is -4.27. The van der Waals surface area contributed by atoms with Crippen molar-refractivity contribution in [2.45, 2.75) is 27.4 Å². The lowest BCUT2D eigenvalue weighted by Gasteiger charge is -2.12. The maximum absolute atomic E-state index is 12.6. The standard InChI is InChI=1S/C24H23N3O6/c1-13-17-7-5-6-8-19(17)32-22(13)24(29)26-25-23(28)16-9-10-20(21(11-16)30-4)31-12-18-14(2)27-33-15(18)3/h5-11H,12H2,1-4H3,(H,25,28)(H,26,29). The summed E-state index contributed by atoms with van der Waals surface area (Å²) in [6.07, 6.45) is 0. The number of hydrogen-bond donors (Lipinski definition) is 2. The van der Waals surface area contributed by atoms with Gasteiger partial charge in [-0.2, -0.15) is 0 Å². The highest BCUT2D eigenvalue weighted by atomic mass is 16.5. The summed E-state index contributed by atoms with van der Waals surface area (Å²) in [6, 6.07) is 12.0. The molecule has 0 fully saturated rings. The van der Waals surface area contributed by atoms with Crippen molar-refractivity contribution in [3.8, 4) is 11.5 Å². The molecule has 170 valence electrons. The third-order valence-electron chi connectivity index (χ3n) is 5.32. The predicted molar refractivity (Wildman–Crippen MR) is 119 cm³/mol. The number of rotatable bonds is 6. The number of methoxy groups -OCH3 is 1. The Kier molecular flexibility index (Phi) is 6.03. The van der Waals surface area contributed by atoms with Gasteiger partial charge in [0.15, 0.2) is 17.3 Å². The minimum Gasteiger partial charge on any atom is -0.493 e. The van der Waals surface area contributed by atoms with Crippen molar-refractivity contribution < 1.29 is 28.0 Å². The maximum Gasteiger partial charge on any atom is 0.305 e. The van der Waals surface area contributed by atoms with E-state index in [1.165, 1.54) is 13.2 Å². The van der Waals surface area contributed by atoms with Gasteiger partial charge in [-0.25, -0.2) is 0 Å². The van der Waals surface area contributed by atoms with Crippen LogP contribution in [0.4, 0.5) is 0 Å². The monoisotopic (exact) mass is 449 g/mol. The molecule has 2 amide bonds. The minimum atomic E-state index is -0.552. The summed E-state index contributed by atoms with van der Waals surface area (Å²) < 4.78 is 21.9. The second-order valence-corrected chi connectivity index (χ2v) is 7.42. The number of aromatic nitrogens is 1. The molecule has 0 aliphatic rings. The number of hydrogen-bond acceptors (Lipinski definition) is 7. The van der Waals surface area contributed by atoms with Gasteiger partial charge in [0.1, 0.15) is 18.0 Å². The number of carbonyl (C=O) groups is 2. The molecule has 2 N–H and O–H groups in total. The number of furan rings is 1. The largest absolute Gasteiger partial charge is 0.493 e. The van der Waals surface area contributed by atoms with Gasteiger partial charge in [0.25, 0.3) is 5.91 Å². The van der Waals surface area contributed by atoms with Crippen LogP contribution in [0.3, 0.4) is 0 Å². The first kappa shape index (κ1) is 21.9. The van der Waals surface area contributed by atoms with Crippen LogP contribution in [0.5, 0.6) is 11.5 Å². The smallest absolute Gasteiger partial charge is 0.305 e. The molecular weight excluding hydrogens is 426 g/mol. The number of nitrogens with one attached hydrogen (secondary N) is 2. The molecule has 4 rings (SSSR count). The van der Waals surface area contributed by atoms with Crippen LogP contribution in [0.25, 0.3) is 11.0 Å². The molecule has 2 aromatic carbocycles. The molecule has 9 nitrogen and oxygen atoms in total. The van der Waals surface area contributed by atoms with Crippen LogP contribution in [0.15, 0.2) is 51.4 Å². The van der Waals surface area contributed by atoms with E-state index in [0.29, 0.717) is 28.4 Å². The van der Waals surface area contributed by atoms with Gasteiger partial charge in [0.05, 0.1) is 18.4 Å². The second kappa shape index (κ2) is 9.07. The zero-order valence-corrected chi connectivity index (χ0v) is 18.6. The van der Waals surface area contributed by atoms with Gasteiger partial charge in [-0.15, -0.1) is 0 Å². The molecule has 0 bridgehead atoms. The predicted octanol–water partition coefficient (Wildman–Crippen LogP) is 4.01. The molecule has 0 radical (unpaired) electrons. The third-order valence-corrected chi connectivity index (χ3v) is 5.32. The fourth-order valence-corrected chi connectivity index (χ4v) is 3.42. The van der Waals surface area contributed by atoms with E-state index in [0.717, 1.165) is 16.6 Å². The minimum absolute atomic E-state index is 0.136. The maximum atomic E-state index is 12.6. The van der Waals surface area contributed by atoms with Crippen molar-refractivity contribution in [1.82, 2.24) is 16.0 Å². The molecule has 4 aromatic rings. The Balaban J connectivity index is 1.42. The van der Waals surface area contributed by atoms with Crippen molar-refractivity contribution in [2.24, 2.45) is 0 Å². The fraction of sp³-hybridized carbons (Fsp3) is 0.208. The lowest BCUT2D eigenvalue weighted by Crippen LogP contribution is -2.41. The van der Waals surface area contributed by atoms with Gasteiger partial charge in [-0.05, 0) is 45.0 Å². The number of benzene rings is 2. The van der Waals surface area contributed by atoms with Crippen molar-refractivity contribution in [3.63, 3.8) is 0 Å². The van der Waals surface area contributed by atoms with Gasteiger partial charge >= 0.3 is 5.91 Å². The highest BCUT2D eigenvalue weighted by molar-refractivity contribution is 6.01. The Morgan fingerprint density at radius 1 is 1.00 bits per heavy atom. The highest BCUT2D eigenvalue weighted by Gasteiger charge is 2.19. The lowest BCUT2D eigenvalue weighted by atomic mass is 10.1. The van der Waals surface area contributed by atoms with Crippen LogP contribution in [-0.4, -0.2) is 24.1 Å². The number of amides is 2. The molecule has 0 aliphatic heterocycles. The summed E-state index contributed by atoms with van der Waals surface area (Å²) in [6.45, 7) is 5.68. The molecule has 0 unspecified atom stereocenters. The Morgan fingerprint density at radius 2 is 1.76 bits per heavy atom. The Bertz CT molecular complexity index is 1320. The van der Waals surface area contributed by atoms with Gasteiger partial charge in [0.2, 0.25) is 0 Å². The summed E-state index contributed by atoms with van der Waals surface area (Å²) in [4.78, 5) is 25.1. The van der Waals surface area contributed by atoms with E-state index in [1.54, 1.807) is 25.1 Å². The molecule has 33 heavy (non-hydrogen) atoms. The number of para-hydroxylation sites is 1. The SMILES string of the molecule is COc1cc(C(=O)NNC(=O)c2oc3ccccc3c2C)ccc1OCc1c(C)noc1C. The van der Waals surface area contributed by atoms with Crippen LogP contribution in [0, 0.1) is 20.8 Å². The molecule has 0 saturated carbocycles. The number of carbonyl (C=O) groups excluding carboxylic acids is 2. The molecular formula is C24H23N3O6. The molecule has 2 aromatic heterocycles. The quantitative estimate of drug-likeness (QED) is 0.427. The van der Waals surface area contributed by atoms with E-state index in [1.807, 2.05) is 32.0 Å².